The Balaban J connectivity index is 1.21. The van der Waals surface area contributed by atoms with Gasteiger partial charge in [-0.15, -0.1) is 0 Å². The molecule has 1 aliphatic heterocycles. The largest absolute Gasteiger partial charge is 0.459 e. The van der Waals surface area contributed by atoms with Crippen molar-refractivity contribution in [2.75, 3.05) is 13.2 Å². The van der Waals surface area contributed by atoms with Crippen LogP contribution in [-0.4, -0.2) is 70.4 Å². The van der Waals surface area contributed by atoms with Crippen molar-refractivity contribution in [2.45, 2.75) is 91.1 Å². The SMILES string of the molecule is CCCN(C(=O)CCC(=O)NC(C)(C)CCOC(C)C(=O)OCc1ccccc1)C(C)N1C(=O)[C@@H]2C3C=CC(C3)[C@@H]2C1=O. The molecule has 4 unspecified atom stereocenters. The van der Waals surface area contributed by atoms with Gasteiger partial charge in [0.05, 0.1) is 11.8 Å². The lowest BCUT2D eigenvalue weighted by atomic mass is 9.85. The maximum atomic E-state index is 13.3. The van der Waals surface area contributed by atoms with E-state index in [1.165, 1.54) is 4.90 Å². The van der Waals surface area contributed by atoms with E-state index in [4.69, 9.17) is 9.47 Å². The molecule has 3 aliphatic rings. The van der Waals surface area contributed by atoms with Crippen molar-refractivity contribution in [1.29, 1.82) is 0 Å². The van der Waals surface area contributed by atoms with Gasteiger partial charge < -0.3 is 19.7 Å². The lowest BCUT2D eigenvalue weighted by Crippen LogP contribution is -2.53. The molecule has 6 atom stereocenters. The van der Waals surface area contributed by atoms with E-state index in [2.05, 4.69) is 5.32 Å². The van der Waals surface area contributed by atoms with E-state index in [-0.39, 0.29) is 73.4 Å². The van der Waals surface area contributed by atoms with E-state index >= 15 is 0 Å². The third-order valence-electron chi connectivity index (χ3n) is 8.81. The number of fused-ring (bicyclic) bond motifs is 5. The third kappa shape index (κ3) is 7.52. The molecule has 43 heavy (non-hydrogen) atoms. The van der Waals surface area contributed by atoms with Gasteiger partial charge in [0.2, 0.25) is 23.6 Å². The summed E-state index contributed by atoms with van der Waals surface area (Å²) < 4.78 is 11.0. The first kappa shape index (κ1) is 32.4. The number of nitrogens with one attached hydrogen (secondary N) is 1. The van der Waals surface area contributed by atoms with E-state index in [1.54, 1.807) is 18.7 Å². The predicted molar refractivity (Wildman–Crippen MR) is 159 cm³/mol. The Hall–Kier alpha value is -3.53. The molecule has 1 aromatic rings. The van der Waals surface area contributed by atoms with Crippen molar-refractivity contribution in [3.63, 3.8) is 0 Å². The molecule has 0 radical (unpaired) electrons. The van der Waals surface area contributed by atoms with Crippen molar-refractivity contribution in [3.8, 4) is 0 Å². The Morgan fingerprint density at radius 1 is 1.02 bits per heavy atom. The van der Waals surface area contributed by atoms with Crippen molar-refractivity contribution in [2.24, 2.45) is 23.7 Å². The fourth-order valence-corrected chi connectivity index (χ4v) is 6.47. The highest BCUT2D eigenvalue weighted by atomic mass is 16.6. The Bertz CT molecular complexity index is 1200. The molecule has 4 amide bonds. The number of likely N-dealkylation sites (tertiary alicyclic amines) is 1. The molecule has 10 heteroatoms. The first-order chi connectivity index (χ1) is 20.4. The van der Waals surface area contributed by atoms with Crippen molar-refractivity contribution >= 4 is 29.6 Å². The van der Waals surface area contributed by atoms with Crippen molar-refractivity contribution in [1.82, 2.24) is 15.1 Å². The van der Waals surface area contributed by atoms with Crippen LogP contribution in [-0.2, 0) is 40.1 Å². The number of amides is 4. The second kappa shape index (κ2) is 13.8. The second-order valence-electron chi connectivity index (χ2n) is 12.6. The number of carbonyl (C=O) groups excluding carboxylic acids is 5. The number of hydrogen-bond acceptors (Lipinski definition) is 7. The molecule has 2 fully saturated rings. The Labute approximate surface area is 254 Å². The van der Waals surface area contributed by atoms with Crippen LogP contribution in [0.3, 0.4) is 0 Å². The molecular formula is C33H45N3O7. The number of benzene rings is 1. The Kier molecular flexibility index (Phi) is 10.4. The summed E-state index contributed by atoms with van der Waals surface area (Å²) in [4.78, 5) is 67.7. The summed E-state index contributed by atoms with van der Waals surface area (Å²) in [5.74, 6) is -1.81. The highest BCUT2D eigenvalue weighted by molar-refractivity contribution is 6.07. The molecule has 234 valence electrons. The minimum Gasteiger partial charge on any atom is -0.459 e. The second-order valence-corrected chi connectivity index (χ2v) is 12.6. The van der Waals surface area contributed by atoms with Crippen molar-refractivity contribution < 1.29 is 33.4 Å². The van der Waals surface area contributed by atoms with Gasteiger partial charge in [0, 0.05) is 31.5 Å². The standard InChI is InChI=1S/C33H45N3O7/c1-6-17-35(22(3)36-30(39)28-24-12-13-25(19-24)29(28)31(36)40)27(38)15-14-26(37)34-33(4,5)16-18-42-21(2)32(41)43-20-23-10-8-7-9-11-23/h7-13,21-22,24-25,28-29H,6,14-20H2,1-5H3,(H,34,37)/t21?,22?,24?,25?,28-,29+. The summed E-state index contributed by atoms with van der Waals surface area (Å²) >= 11 is 0. The van der Waals surface area contributed by atoms with Gasteiger partial charge in [0.15, 0.2) is 6.10 Å². The van der Waals surface area contributed by atoms with Crippen LogP contribution in [0.25, 0.3) is 0 Å². The summed E-state index contributed by atoms with van der Waals surface area (Å²) in [6, 6.07) is 9.39. The van der Waals surface area contributed by atoms with Crippen LogP contribution in [0.15, 0.2) is 42.5 Å². The number of rotatable bonds is 15. The van der Waals surface area contributed by atoms with E-state index in [0.29, 0.717) is 19.4 Å². The minimum atomic E-state index is -0.750. The molecule has 2 aliphatic carbocycles. The fourth-order valence-electron chi connectivity index (χ4n) is 6.47. The molecular weight excluding hydrogens is 550 g/mol. The molecule has 1 N–H and O–H groups in total. The minimum absolute atomic E-state index is 0.0283. The number of allylic oxidation sites excluding steroid dienone is 2. The zero-order valence-corrected chi connectivity index (χ0v) is 25.9. The van der Waals surface area contributed by atoms with Gasteiger partial charge in [-0.1, -0.05) is 49.4 Å². The maximum Gasteiger partial charge on any atom is 0.335 e. The van der Waals surface area contributed by atoms with E-state index < -0.39 is 23.8 Å². The molecule has 2 bridgehead atoms. The zero-order chi connectivity index (χ0) is 31.3. The monoisotopic (exact) mass is 595 g/mol. The topological polar surface area (TPSA) is 122 Å². The van der Waals surface area contributed by atoms with Gasteiger partial charge in [0.1, 0.15) is 12.8 Å². The predicted octanol–water partition coefficient (Wildman–Crippen LogP) is 3.59. The van der Waals surface area contributed by atoms with Gasteiger partial charge in [-0.25, -0.2) is 4.79 Å². The fraction of sp³-hybridized carbons (Fsp3) is 0.606. The normalized spacial score (nSPS) is 23.7. The average Bonchev–Trinajstić information content (AvgIpc) is 3.66. The summed E-state index contributed by atoms with van der Waals surface area (Å²) in [6.45, 7) is 9.77. The highest BCUT2D eigenvalue weighted by Crippen LogP contribution is 2.53. The van der Waals surface area contributed by atoms with Crippen LogP contribution in [0.4, 0.5) is 0 Å². The third-order valence-corrected chi connectivity index (χ3v) is 8.81. The number of nitrogens with zero attached hydrogens (tertiary/aromatic N) is 2. The number of carbonyl (C=O) groups is 5. The Morgan fingerprint density at radius 2 is 1.65 bits per heavy atom. The van der Waals surface area contributed by atoms with Gasteiger partial charge in [0.25, 0.3) is 0 Å². The number of imide groups is 1. The van der Waals surface area contributed by atoms with Crippen LogP contribution < -0.4 is 5.32 Å². The summed E-state index contributed by atoms with van der Waals surface area (Å²) in [5, 5.41) is 2.94. The molecule has 1 saturated heterocycles. The van der Waals surface area contributed by atoms with Crippen LogP contribution in [0.1, 0.15) is 72.3 Å². The van der Waals surface area contributed by atoms with Gasteiger partial charge in [-0.2, -0.15) is 0 Å². The van der Waals surface area contributed by atoms with Crippen LogP contribution in [0.2, 0.25) is 0 Å². The quantitative estimate of drug-likeness (QED) is 0.187. The van der Waals surface area contributed by atoms with E-state index in [9.17, 15) is 24.0 Å². The Morgan fingerprint density at radius 3 is 2.26 bits per heavy atom. The van der Waals surface area contributed by atoms with Gasteiger partial charge >= 0.3 is 5.97 Å². The summed E-state index contributed by atoms with van der Waals surface area (Å²) in [7, 11) is 0. The maximum absolute atomic E-state index is 13.3. The van der Waals surface area contributed by atoms with Crippen molar-refractivity contribution in [3.05, 3.63) is 48.0 Å². The number of esters is 1. The number of ether oxygens (including phenoxy) is 2. The lowest BCUT2D eigenvalue weighted by Gasteiger charge is -2.35. The highest BCUT2D eigenvalue weighted by Gasteiger charge is 2.60. The zero-order valence-electron chi connectivity index (χ0n) is 25.9. The number of hydrogen-bond donors (Lipinski definition) is 1. The first-order valence-electron chi connectivity index (χ1n) is 15.4. The molecule has 0 aromatic heterocycles. The summed E-state index contributed by atoms with van der Waals surface area (Å²) in [6.07, 6.45) is 4.54. The van der Waals surface area contributed by atoms with Crippen LogP contribution in [0, 0.1) is 23.7 Å². The molecule has 1 heterocycles. The van der Waals surface area contributed by atoms with Gasteiger partial charge in [-0.3, -0.25) is 24.1 Å². The van der Waals surface area contributed by atoms with Crippen LogP contribution >= 0.6 is 0 Å². The van der Waals surface area contributed by atoms with E-state index in [0.717, 1.165) is 12.0 Å². The first-order valence-corrected chi connectivity index (χ1v) is 15.4. The average molecular weight is 596 g/mol. The van der Waals surface area contributed by atoms with Crippen LogP contribution in [0.5, 0.6) is 0 Å². The van der Waals surface area contributed by atoms with E-state index in [1.807, 2.05) is 63.3 Å². The molecule has 1 aromatic carbocycles. The molecule has 0 spiro atoms. The lowest BCUT2D eigenvalue weighted by molar-refractivity contribution is -0.158. The summed E-state index contributed by atoms with van der Waals surface area (Å²) in [5.41, 5.74) is 0.256. The molecule has 1 saturated carbocycles. The molecule has 4 rings (SSSR count). The molecule has 10 nitrogen and oxygen atoms in total. The smallest absolute Gasteiger partial charge is 0.335 e. The van der Waals surface area contributed by atoms with Gasteiger partial charge in [-0.05, 0) is 64.4 Å².